The second kappa shape index (κ2) is 5.51. The molecule has 0 aliphatic carbocycles. The summed E-state index contributed by atoms with van der Waals surface area (Å²) in [6.07, 6.45) is 0. The van der Waals surface area contributed by atoms with Gasteiger partial charge < -0.3 is 9.30 Å². The normalized spacial score (nSPS) is 15.1. The molecule has 0 aliphatic rings. The van der Waals surface area contributed by atoms with E-state index in [0.717, 1.165) is 22.7 Å². The van der Waals surface area contributed by atoms with Crippen molar-refractivity contribution in [3.63, 3.8) is 0 Å². The lowest BCUT2D eigenvalue weighted by atomic mass is 10.3. The van der Waals surface area contributed by atoms with Crippen LogP contribution in [-0.4, -0.2) is 32.5 Å². The number of nitrogens with zero attached hydrogens (tertiary/aromatic N) is 4. The molecule has 106 valence electrons. The summed E-state index contributed by atoms with van der Waals surface area (Å²) in [5.41, 5.74) is 2.86. The van der Waals surface area contributed by atoms with Crippen molar-refractivity contribution < 1.29 is 4.74 Å². The van der Waals surface area contributed by atoms with E-state index in [1.165, 1.54) is 0 Å². The van der Waals surface area contributed by atoms with E-state index in [0.29, 0.717) is 13.2 Å². The summed E-state index contributed by atoms with van der Waals surface area (Å²) in [7, 11) is 1.93. The van der Waals surface area contributed by atoms with Gasteiger partial charge in [-0.05, 0) is 27.7 Å². The van der Waals surface area contributed by atoms with Gasteiger partial charge in [0.05, 0.1) is 23.7 Å². The number of aryl methyl sites for hydroxylation is 2. The summed E-state index contributed by atoms with van der Waals surface area (Å²) < 4.78 is 9.53. The van der Waals surface area contributed by atoms with Gasteiger partial charge in [-0.25, -0.2) is 4.98 Å². The number of ether oxygens (including phenoxy) is 1. The van der Waals surface area contributed by atoms with Crippen molar-refractivity contribution in [2.45, 2.75) is 39.1 Å². The van der Waals surface area contributed by atoms with Gasteiger partial charge in [0, 0.05) is 13.7 Å². The zero-order chi connectivity index (χ0) is 14.2. The van der Waals surface area contributed by atoms with E-state index in [2.05, 4.69) is 21.6 Å². The minimum atomic E-state index is -0.143. The molecule has 19 heavy (non-hydrogen) atoms. The molecule has 0 saturated carbocycles. The number of halogens is 1. The van der Waals surface area contributed by atoms with E-state index in [-0.39, 0.29) is 11.4 Å². The van der Waals surface area contributed by atoms with Crippen molar-refractivity contribution in [2.24, 2.45) is 7.05 Å². The Balaban J connectivity index is 2.57. The van der Waals surface area contributed by atoms with Crippen LogP contribution in [0.3, 0.4) is 0 Å². The highest BCUT2D eigenvalue weighted by atomic mass is 35.5. The highest BCUT2D eigenvalue weighted by Gasteiger charge is 2.23. The SMILES string of the molecule is CCOCC(C)n1c(C(C)Cl)nc2c(C)nn(C)c21. The second-order valence-corrected chi connectivity index (χ2v) is 5.50. The van der Waals surface area contributed by atoms with E-state index < -0.39 is 0 Å². The molecule has 0 aromatic carbocycles. The largest absolute Gasteiger partial charge is 0.380 e. The Morgan fingerprint density at radius 2 is 2.05 bits per heavy atom. The first-order valence-corrected chi connectivity index (χ1v) is 7.04. The van der Waals surface area contributed by atoms with Gasteiger partial charge in [0.15, 0.2) is 5.65 Å². The predicted molar refractivity (Wildman–Crippen MR) is 76.7 cm³/mol. The van der Waals surface area contributed by atoms with Crippen LogP contribution in [0.15, 0.2) is 0 Å². The number of rotatable bonds is 5. The minimum absolute atomic E-state index is 0.143. The highest BCUT2D eigenvalue weighted by molar-refractivity contribution is 6.20. The standard InChI is InChI=1S/C13H21ClN4O/c1-6-19-7-8(2)18-12(9(3)14)15-11-10(4)16-17(5)13(11)18/h8-9H,6-7H2,1-5H3. The lowest BCUT2D eigenvalue weighted by molar-refractivity contribution is 0.119. The smallest absolute Gasteiger partial charge is 0.159 e. The summed E-state index contributed by atoms with van der Waals surface area (Å²) in [6, 6.07) is 0.177. The van der Waals surface area contributed by atoms with Crippen molar-refractivity contribution in [2.75, 3.05) is 13.2 Å². The van der Waals surface area contributed by atoms with E-state index in [1.807, 2.05) is 32.5 Å². The van der Waals surface area contributed by atoms with Gasteiger partial charge in [0.2, 0.25) is 0 Å². The number of alkyl halides is 1. The molecule has 2 heterocycles. The Bertz CT molecular complexity index is 573. The topological polar surface area (TPSA) is 44.9 Å². The molecule has 5 nitrogen and oxygen atoms in total. The zero-order valence-electron chi connectivity index (χ0n) is 12.1. The van der Waals surface area contributed by atoms with Gasteiger partial charge in [-0.2, -0.15) is 5.10 Å². The maximum absolute atomic E-state index is 6.27. The Morgan fingerprint density at radius 1 is 1.37 bits per heavy atom. The van der Waals surface area contributed by atoms with E-state index in [1.54, 1.807) is 0 Å². The molecule has 0 saturated heterocycles. The van der Waals surface area contributed by atoms with Gasteiger partial charge in [0.25, 0.3) is 0 Å². The van der Waals surface area contributed by atoms with Crippen LogP contribution in [0.2, 0.25) is 0 Å². The molecule has 2 aromatic rings. The molecule has 0 aliphatic heterocycles. The van der Waals surface area contributed by atoms with E-state index >= 15 is 0 Å². The van der Waals surface area contributed by atoms with Crippen LogP contribution < -0.4 is 0 Å². The quantitative estimate of drug-likeness (QED) is 0.793. The van der Waals surface area contributed by atoms with Gasteiger partial charge in [-0.15, -0.1) is 11.6 Å². The van der Waals surface area contributed by atoms with E-state index in [4.69, 9.17) is 16.3 Å². The fourth-order valence-electron chi connectivity index (χ4n) is 2.39. The number of hydrogen-bond donors (Lipinski definition) is 0. The fraction of sp³-hybridized carbons (Fsp3) is 0.692. The average Bonchev–Trinajstić information content (AvgIpc) is 2.86. The summed E-state index contributed by atoms with van der Waals surface area (Å²) in [6.45, 7) is 9.36. The number of hydrogen-bond acceptors (Lipinski definition) is 3. The van der Waals surface area contributed by atoms with Crippen LogP contribution in [0.1, 0.15) is 43.7 Å². The third-order valence-corrected chi connectivity index (χ3v) is 3.42. The molecule has 0 radical (unpaired) electrons. The molecule has 0 spiro atoms. The number of aromatic nitrogens is 4. The molecule has 0 bridgehead atoms. The summed E-state index contributed by atoms with van der Waals surface area (Å²) >= 11 is 6.27. The minimum Gasteiger partial charge on any atom is -0.380 e. The second-order valence-electron chi connectivity index (χ2n) is 4.85. The lowest BCUT2D eigenvalue weighted by Gasteiger charge is -2.18. The van der Waals surface area contributed by atoms with Crippen molar-refractivity contribution in [1.29, 1.82) is 0 Å². The summed E-state index contributed by atoms with van der Waals surface area (Å²) in [5.74, 6) is 0.875. The molecule has 0 amide bonds. The molecular formula is C13H21ClN4O. The first-order chi connectivity index (χ1) is 8.97. The Morgan fingerprint density at radius 3 is 2.63 bits per heavy atom. The average molecular weight is 285 g/mol. The fourth-order valence-corrected chi connectivity index (χ4v) is 2.54. The predicted octanol–water partition coefficient (Wildman–Crippen LogP) is 2.98. The third-order valence-electron chi connectivity index (χ3n) is 3.22. The molecule has 6 heteroatoms. The van der Waals surface area contributed by atoms with Crippen LogP contribution in [0.5, 0.6) is 0 Å². The summed E-state index contributed by atoms with van der Waals surface area (Å²) in [5, 5.41) is 4.28. The van der Waals surface area contributed by atoms with Crippen LogP contribution in [0.4, 0.5) is 0 Å². The highest BCUT2D eigenvalue weighted by Crippen LogP contribution is 2.29. The summed E-state index contributed by atoms with van der Waals surface area (Å²) in [4.78, 5) is 4.65. The molecule has 0 fully saturated rings. The monoisotopic (exact) mass is 284 g/mol. The third kappa shape index (κ3) is 2.49. The molecule has 2 atom stereocenters. The molecule has 2 aromatic heterocycles. The van der Waals surface area contributed by atoms with Crippen LogP contribution >= 0.6 is 11.6 Å². The number of imidazole rings is 1. The lowest BCUT2D eigenvalue weighted by Crippen LogP contribution is -2.17. The number of fused-ring (bicyclic) bond motifs is 1. The maximum atomic E-state index is 6.27. The van der Waals surface area contributed by atoms with Crippen molar-refractivity contribution in [1.82, 2.24) is 19.3 Å². The van der Waals surface area contributed by atoms with Crippen molar-refractivity contribution in [3.8, 4) is 0 Å². The van der Waals surface area contributed by atoms with Gasteiger partial charge in [0.1, 0.15) is 11.3 Å². The first-order valence-electron chi connectivity index (χ1n) is 6.60. The van der Waals surface area contributed by atoms with E-state index in [9.17, 15) is 0 Å². The molecule has 2 rings (SSSR count). The van der Waals surface area contributed by atoms with Crippen LogP contribution in [-0.2, 0) is 11.8 Å². The van der Waals surface area contributed by atoms with Gasteiger partial charge >= 0.3 is 0 Å². The van der Waals surface area contributed by atoms with Gasteiger partial charge in [-0.1, -0.05) is 0 Å². The van der Waals surface area contributed by atoms with Crippen molar-refractivity contribution in [3.05, 3.63) is 11.5 Å². The Hall–Kier alpha value is -1.07. The van der Waals surface area contributed by atoms with Crippen molar-refractivity contribution >= 4 is 22.8 Å². The Kier molecular flexibility index (Phi) is 4.16. The molecule has 0 N–H and O–H groups in total. The van der Waals surface area contributed by atoms with Gasteiger partial charge in [-0.3, -0.25) is 4.68 Å². The molecule has 2 unspecified atom stereocenters. The van der Waals surface area contributed by atoms with Crippen LogP contribution in [0.25, 0.3) is 11.2 Å². The first kappa shape index (κ1) is 14.3. The molecular weight excluding hydrogens is 264 g/mol. The zero-order valence-corrected chi connectivity index (χ0v) is 12.9. The maximum Gasteiger partial charge on any atom is 0.159 e. The van der Waals surface area contributed by atoms with Crippen LogP contribution in [0, 0.1) is 6.92 Å². The Labute approximate surface area is 118 Å².